The number of rotatable bonds is 7. The Morgan fingerprint density at radius 2 is 1.80 bits per heavy atom. The number of carbonyl (C=O) groups is 2. The molecule has 25 heavy (non-hydrogen) atoms. The Kier molecular flexibility index (Phi) is 7.44. The molecular weight excluding hydrogens is 316 g/mol. The summed E-state index contributed by atoms with van der Waals surface area (Å²) < 4.78 is 5.40. The molecule has 2 amide bonds. The molecule has 0 heterocycles. The van der Waals surface area contributed by atoms with Crippen molar-refractivity contribution in [2.24, 2.45) is 0 Å². The first-order valence-corrected chi connectivity index (χ1v) is 9.29. The molecule has 0 spiro atoms. The van der Waals surface area contributed by atoms with Gasteiger partial charge in [-0.3, -0.25) is 9.59 Å². The average Bonchev–Trinajstić information content (AvgIpc) is 2.60. The number of amides is 2. The highest BCUT2D eigenvalue weighted by Crippen LogP contribution is 2.24. The molecule has 1 unspecified atom stereocenters. The van der Waals surface area contributed by atoms with Crippen LogP contribution in [0.25, 0.3) is 0 Å². The minimum atomic E-state index is -0.589. The van der Waals surface area contributed by atoms with E-state index in [1.54, 1.807) is 0 Å². The van der Waals surface area contributed by atoms with Gasteiger partial charge in [-0.2, -0.15) is 0 Å². The average molecular weight is 346 g/mol. The van der Waals surface area contributed by atoms with Crippen LogP contribution in [0.1, 0.15) is 62.8 Å². The molecule has 1 aliphatic carbocycles. The molecule has 0 saturated heterocycles. The lowest BCUT2D eigenvalue weighted by molar-refractivity contribution is -0.139. The first-order chi connectivity index (χ1) is 12.0. The quantitative estimate of drug-likeness (QED) is 0.589. The van der Waals surface area contributed by atoms with Crippen LogP contribution in [0.2, 0.25) is 0 Å². The molecule has 1 aliphatic rings. The van der Waals surface area contributed by atoms with Gasteiger partial charge in [-0.15, -0.1) is 0 Å². The lowest BCUT2D eigenvalue weighted by Gasteiger charge is -2.20. The summed E-state index contributed by atoms with van der Waals surface area (Å²) in [5, 5.41) is 5.41. The van der Waals surface area contributed by atoms with Gasteiger partial charge < -0.3 is 15.4 Å². The van der Waals surface area contributed by atoms with Crippen molar-refractivity contribution < 1.29 is 14.3 Å². The summed E-state index contributed by atoms with van der Waals surface area (Å²) in [6.07, 6.45) is 5.58. The van der Waals surface area contributed by atoms with Crippen LogP contribution in [0.5, 0.6) is 0 Å². The standard InChI is InChI=1S/C20H30N2O3/c1-14(2)25-12-6-11-21-19(23)20(24)22-15(3)17-10-9-16-7-4-5-8-18(16)13-17/h9-10,13-15H,4-8,11-12H2,1-3H3,(H,21,23)(H,22,24). The molecule has 138 valence electrons. The number of hydrogen-bond donors (Lipinski definition) is 2. The predicted molar refractivity (Wildman–Crippen MR) is 98.4 cm³/mol. The zero-order valence-electron chi connectivity index (χ0n) is 15.6. The van der Waals surface area contributed by atoms with Crippen molar-refractivity contribution in [3.8, 4) is 0 Å². The van der Waals surface area contributed by atoms with Crippen LogP contribution < -0.4 is 10.6 Å². The van der Waals surface area contributed by atoms with Crippen molar-refractivity contribution in [3.05, 3.63) is 34.9 Å². The Hall–Kier alpha value is -1.88. The Bertz CT molecular complexity index is 599. The van der Waals surface area contributed by atoms with Crippen molar-refractivity contribution >= 4 is 11.8 Å². The predicted octanol–water partition coefficient (Wildman–Crippen LogP) is 2.67. The van der Waals surface area contributed by atoms with Crippen molar-refractivity contribution in [1.82, 2.24) is 10.6 Å². The number of hydrogen-bond acceptors (Lipinski definition) is 3. The molecule has 0 aliphatic heterocycles. The van der Waals surface area contributed by atoms with Gasteiger partial charge >= 0.3 is 11.8 Å². The number of ether oxygens (including phenoxy) is 1. The highest BCUT2D eigenvalue weighted by Gasteiger charge is 2.18. The number of carbonyl (C=O) groups excluding carboxylic acids is 2. The summed E-state index contributed by atoms with van der Waals surface area (Å²) in [6.45, 7) is 6.85. The van der Waals surface area contributed by atoms with Crippen LogP contribution in [0.15, 0.2) is 18.2 Å². The van der Waals surface area contributed by atoms with Gasteiger partial charge in [0, 0.05) is 13.2 Å². The smallest absolute Gasteiger partial charge is 0.309 e. The van der Waals surface area contributed by atoms with Crippen molar-refractivity contribution in [1.29, 1.82) is 0 Å². The van der Waals surface area contributed by atoms with Crippen LogP contribution in [0.3, 0.4) is 0 Å². The maximum absolute atomic E-state index is 12.0. The second-order valence-corrected chi connectivity index (χ2v) is 6.96. The lowest BCUT2D eigenvalue weighted by Crippen LogP contribution is -2.41. The second-order valence-electron chi connectivity index (χ2n) is 6.96. The molecule has 0 saturated carbocycles. The molecule has 5 heteroatoms. The molecule has 5 nitrogen and oxygen atoms in total. The van der Waals surface area contributed by atoms with Gasteiger partial charge in [-0.25, -0.2) is 0 Å². The minimum Gasteiger partial charge on any atom is -0.379 e. The Balaban J connectivity index is 1.78. The van der Waals surface area contributed by atoms with Crippen LogP contribution in [-0.2, 0) is 27.2 Å². The fourth-order valence-corrected chi connectivity index (χ4v) is 3.04. The van der Waals surface area contributed by atoms with Crippen LogP contribution in [0.4, 0.5) is 0 Å². The van der Waals surface area contributed by atoms with E-state index < -0.39 is 11.8 Å². The fourth-order valence-electron chi connectivity index (χ4n) is 3.04. The molecule has 2 rings (SSSR count). The zero-order chi connectivity index (χ0) is 18.2. The molecule has 0 aromatic heterocycles. The summed E-state index contributed by atoms with van der Waals surface area (Å²) in [5.41, 5.74) is 3.83. The Morgan fingerprint density at radius 1 is 1.08 bits per heavy atom. The normalized spacial score (nSPS) is 14.7. The summed E-state index contributed by atoms with van der Waals surface area (Å²) in [7, 11) is 0. The monoisotopic (exact) mass is 346 g/mol. The largest absolute Gasteiger partial charge is 0.379 e. The first kappa shape index (κ1) is 19.4. The first-order valence-electron chi connectivity index (χ1n) is 9.29. The number of aryl methyl sites for hydroxylation is 2. The number of nitrogens with one attached hydrogen (secondary N) is 2. The summed E-state index contributed by atoms with van der Waals surface area (Å²) in [5.74, 6) is -1.18. The molecule has 1 aromatic rings. The third-order valence-electron chi connectivity index (χ3n) is 4.48. The summed E-state index contributed by atoms with van der Waals surface area (Å²) in [6, 6.07) is 6.19. The molecule has 1 atom stereocenters. The third-order valence-corrected chi connectivity index (χ3v) is 4.48. The maximum Gasteiger partial charge on any atom is 0.309 e. The molecule has 2 N–H and O–H groups in total. The summed E-state index contributed by atoms with van der Waals surface area (Å²) in [4.78, 5) is 23.9. The molecule has 0 fully saturated rings. The van der Waals surface area contributed by atoms with E-state index in [2.05, 4.69) is 28.8 Å². The fraction of sp³-hybridized carbons (Fsp3) is 0.600. The Labute approximate surface area is 150 Å². The van der Waals surface area contributed by atoms with Gasteiger partial charge in [0.2, 0.25) is 0 Å². The summed E-state index contributed by atoms with van der Waals surface area (Å²) >= 11 is 0. The zero-order valence-corrected chi connectivity index (χ0v) is 15.6. The van der Waals surface area contributed by atoms with Crippen molar-refractivity contribution in [2.45, 2.75) is 65.0 Å². The SMILES string of the molecule is CC(C)OCCCNC(=O)C(=O)NC(C)c1ccc2c(c1)CCCC2. The highest BCUT2D eigenvalue weighted by atomic mass is 16.5. The maximum atomic E-state index is 12.0. The van der Waals surface area contributed by atoms with Gasteiger partial charge in [0.25, 0.3) is 0 Å². The van der Waals surface area contributed by atoms with E-state index in [0.29, 0.717) is 19.6 Å². The number of fused-ring (bicyclic) bond motifs is 1. The second kappa shape index (κ2) is 9.56. The molecular formula is C20H30N2O3. The van der Waals surface area contributed by atoms with Gasteiger partial charge in [-0.05, 0) is 69.6 Å². The van der Waals surface area contributed by atoms with Crippen molar-refractivity contribution in [3.63, 3.8) is 0 Å². The highest BCUT2D eigenvalue weighted by molar-refractivity contribution is 6.35. The van der Waals surface area contributed by atoms with E-state index in [1.807, 2.05) is 20.8 Å². The van der Waals surface area contributed by atoms with Gasteiger partial charge in [0.05, 0.1) is 12.1 Å². The van der Waals surface area contributed by atoms with Gasteiger partial charge in [-0.1, -0.05) is 18.2 Å². The van der Waals surface area contributed by atoms with Gasteiger partial charge in [0.15, 0.2) is 0 Å². The van der Waals surface area contributed by atoms with Crippen LogP contribution in [-0.4, -0.2) is 31.1 Å². The molecule has 0 radical (unpaired) electrons. The molecule has 1 aromatic carbocycles. The molecule has 0 bridgehead atoms. The number of benzene rings is 1. The van der Waals surface area contributed by atoms with E-state index in [-0.39, 0.29) is 12.1 Å². The van der Waals surface area contributed by atoms with E-state index in [1.165, 1.54) is 24.0 Å². The van der Waals surface area contributed by atoms with E-state index in [9.17, 15) is 9.59 Å². The third kappa shape index (κ3) is 6.16. The van der Waals surface area contributed by atoms with Gasteiger partial charge in [0.1, 0.15) is 0 Å². The minimum absolute atomic E-state index is 0.177. The van der Waals surface area contributed by atoms with Crippen LogP contribution in [0, 0.1) is 0 Å². The van der Waals surface area contributed by atoms with Crippen molar-refractivity contribution in [2.75, 3.05) is 13.2 Å². The van der Waals surface area contributed by atoms with E-state index in [0.717, 1.165) is 18.4 Å². The Morgan fingerprint density at radius 3 is 2.52 bits per heavy atom. The van der Waals surface area contributed by atoms with Crippen LogP contribution >= 0.6 is 0 Å². The van der Waals surface area contributed by atoms with E-state index >= 15 is 0 Å². The topological polar surface area (TPSA) is 67.4 Å². The lowest BCUT2D eigenvalue weighted by atomic mass is 9.89. The van der Waals surface area contributed by atoms with E-state index in [4.69, 9.17) is 4.74 Å².